The molecule has 1 aromatic carbocycles. The first-order chi connectivity index (χ1) is 10.1. The Balaban J connectivity index is 1.76. The summed E-state index contributed by atoms with van der Waals surface area (Å²) in [5, 5.41) is 0.570. The van der Waals surface area contributed by atoms with Gasteiger partial charge in [-0.1, -0.05) is 11.6 Å². The first-order valence-electron chi connectivity index (χ1n) is 6.39. The summed E-state index contributed by atoms with van der Waals surface area (Å²) < 4.78 is 16.0. The van der Waals surface area contributed by atoms with E-state index < -0.39 is 0 Å². The van der Waals surface area contributed by atoms with Crippen LogP contribution in [0.1, 0.15) is 25.7 Å². The maximum Gasteiger partial charge on any atom is 0.348 e. The molecular weight excluding hydrogens is 312 g/mol. The van der Waals surface area contributed by atoms with E-state index in [1.165, 1.54) is 11.3 Å². The molecule has 110 valence electrons. The zero-order valence-electron chi connectivity index (χ0n) is 11.3. The maximum absolute atomic E-state index is 12.0. The van der Waals surface area contributed by atoms with E-state index in [0.717, 1.165) is 16.0 Å². The van der Waals surface area contributed by atoms with Gasteiger partial charge in [0, 0.05) is 21.0 Å². The number of carbonyl (C=O) groups excluding carboxylic acids is 1. The van der Waals surface area contributed by atoms with Gasteiger partial charge in [0.1, 0.15) is 17.2 Å². The number of halogens is 1. The molecule has 0 spiro atoms. The SMILES string of the molecule is Cc1ccc(C(=O)OCc2cc(Cl)cc3c2OCOC3)s1. The molecule has 0 unspecified atom stereocenters. The highest BCUT2D eigenvalue weighted by molar-refractivity contribution is 7.13. The molecule has 0 aliphatic carbocycles. The molecule has 0 N–H and O–H groups in total. The molecule has 4 nitrogen and oxygen atoms in total. The van der Waals surface area contributed by atoms with E-state index in [9.17, 15) is 4.79 Å². The second-order valence-electron chi connectivity index (χ2n) is 4.65. The lowest BCUT2D eigenvalue weighted by Crippen LogP contribution is -2.14. The molecule has 0 saturated heterocycles. The zero-order valence-corrected chi connectivity index (χ0v) is 12.9. The Labute approximate surface area is 131 Å². The van der Waals surface area contributed by atoms with Gasteiger partial charge < -0.3 is 14.2 Å². The summed E-state index contributed by atoms with van der Waals surface area (Å²) in [5.41, 5.74) is 1.62. The van der Waals surface area contributed by atoms with Gasteiger partial charge in [-0.25, -0.2) is 4.79 Å². The van der Waals surface area contributed by atoms with Crippen molar-refractivity contribution < 1.29 is 19.0 Å². The Morgan fingerprint density at radius 2 is 2.29 bits per heavy atom. The third-order valence-corrected chi connectivity index (χ3v) is 4.25. The van der Waals surface area contributed by atoms with Gasteiger partial charge in [-0.05, 0) is 31.2 Å². The fraction of sp³-hybridized carbons (Fsp3) is 0.267. The van der Waals surface area contributed by atoms with Gasteiger partial charge in [-0.15, -0.1) is 11.3 Å². The monoisotopic (exact) mass is 324 g/mol. The minimum absolute atomic E-state index is 0.124. The van der Waals surface area contributed by atoms with E-state index in [4.69, 9.17) is 25.8 Å². The molecular formula is C15H13ClO4S. The fourth-order valence-corrected chi connectivity index (χ4v) is 3.15. The summed E-state index contributed by atoms with van der Waals surface area (Å²) in [6.07, 6.45) is 0. The molecule has 0 atom stereocenters. The number of ether oxygens (including phenoxy) is 3. The van der Waals surface area contributed by atoms with Crippen molar-refractivity contribution in [2.75, 3.05) is 6.79 Å². The number of thiophene rings is 1. The predicted molar refractivity (Wildman–Crippen MR) is 79.9 cm³/mol. The number of esters is 1. The summed E-state index contributed by atoms with van der Waals surface area (Å²) in [4.78, 5) is 13.6. The molecule has 6 heteroatoms. The third-order valence-electron chi connectivity index (χ3n) is 3.05. The highest BCUT2D eigenvalue weighted by atomic mass is 35.5. The molecule has 0 bridgehead atoms. The largest absolute Gasteiger partial charge is 0.467 e. The first-order valence-corrected chi connectivity index (χ1v) is 7.58. The number of hydrogen-bond donors (Lipinski definition) is 0. The van der Waals surface area contributed by atoms with Crippen molar-refractivity contribution in [3.8, 4) is 5.75 Å². The third kappa shape index (κ3) is 3.20. The van der Waals surface area contributed by atoms with Crippen LogP contribution in [0.15, 0.2) is 24.3 Å². The van der Waals surface area contributed by atoms with E-state index in [0.29, 0.717) is 22.3 Å². The first kappa shape index (κ1) is 14.4. The lowest BCUT2D eigenvalue weighted by atomic mass is 10.1. The van der Waals surface area contributed by atoms with Crippen LogP contribution in [0.3, 0.4) is 0 Å². The molecule has 1 aromatic heterocycles. The summed E-state index contributed by atoms with van der Waals surface area (Å²) in [5.74, 6) is 0.356. The van der Waals surface area contributed by atoms with Gasteiger partial charge in [-0.2, -0.15) is 0 Å². The number of hydrogen-bond acceptors (Lipinski definition) is 5. The van der Waals surface area contributed by atoms with Crippen LogP contribution >= 0.6 is 22.9 Å². The normalized spacial score (nSPS) is 13.4. The summed E-state index contributed by atoms with van der Waals surface area (Å²) >= 11 is 7.48. The van der Waals surface area contributed by atoms with Crippen molar-refractivity contribution >= 4 is 28.9 Å². The zero-order chi connectivity index (χ0) is 14.8. The number of fused-ring (bicyclic) bond motifs is 1. The quantitative estimate of drug-likeness (QED) is 0.802. The van der Waals surface area contributed by atoms with E-state index in [1.54, 1.807) is 18.2 Å². The Morgan fingerprint density at radius 1 is 1.43 bits per heavy atom. The van der Waals surface area contributed by atoms with Crippen LogP contribution in [-0.2, 0) is 22.7 Å². The van der Waals surface area contributed by atoms with Crippen molar-refractivity contribution in [2.45, 2.75) is 20.1 Å². The molecule has 1 aliphatic rings. The minimum atomic E-state index is -0.339. The Bertz CT molecular complexity index is 680. The summed E-state index contributed by atoms with van der Waals surface area (Å²) in [7, 11) is 0. The van der Waals surface area contributed by atoms with Crippen LogP contribution in [0.5, 0.6) is 5.75 Å². The van der Waals surface area contributed by atoms with Crippen molar-refractivity contribution in [1.29, 1.82) is 0 Å². The van der Waals surface area contributed by atoms with Crippen LogP contribution in [0.4, 0.5) is 0 Å². The van der Waals surface area contributed by atoms with E-state index in [1.807, 2.05) is 13.0 Å². The minimum Gasteiger partial charge on any atom is -0.467 e. The number of benzene rings is 1. The molecule has 0 fully saturated rings. The van der Waals surface area contributed by atoms with Gasteiger partial charge in [0.2, 0.25) is 0 Å². The van der Waals surface area contributed by atoms with Crippen molar-refractivity contribution in [3.05, 3.63) is 50.2 Å². The maximum atomic E-state index is 12.0. The van der Waals surface area contributed by atoms with Crippen LogP contribution in [0.2, 0.25) is 5.02 Å². The van der Waals surface area contributed by atoms with Crippen LogP contribution < -0.4 is 4.74 Å². The highest BCUT2D eigenvalue weighted by Crippen LogP contribution is 2.32. The lowest BCUT2D eigenvalue weighted by Gasteiger charge is -2.21. The van der Waals surface area contributed by atoms with Crippen molar-refractivity contribution in [1.82, 2.24) is 0 Å². The molecule has 0 saturated carbocycles. The van der Waals surface area contributed by atoms with Crippen molar-refractivity contribution in [2.24, 2.45) is 0 Å². The molecule has 2 heterocycles. The van der Waals surface area contributed by atoms with Gasteiger partial charge in [0.25, 0.3) is 0 Å². The molecule has 2 aromatic rings. The Kier molecular flexibility index (Phi) is 4.14. The average Bonchev–Trinajstić information content (AvgIpc) is 2.91. The average molecular weight is 325 g/mol. The number of rotatable bonds is 3. The van der Waals surface area contributed by atoms with Crippen LogP contribution in [0.25, 0.3) is 0 Å². The van der Waals surface area contributed by atoms with Crippen LogP contribution in [0, 0.1) is 6.92 Å². The lowest BCUT2D eigenvalue weighted by molar-refractivity contribution is -0.0180. The summed E-state index contributed by atoms with van der Waals surface area (Å²) in [6.45, 7) is 2.71. The van der Waals surface area contributed by atoms with E-state index in [-0.39, 0.29) is 19.4 Å². The smallest absolute Gasteiger partial charge is 0.348 e. The molecule has 21 heavy (non-hydrogen) atoms. The van der Waals surface area contributed by atoms with Crippen molar-refractivity contribution in [3.63, 3.8) is 0 Å². The van der Waals surface area contributed by atoms with Crippen LogP contribution in [-0.4, -0.2) is 12.8 Å². The standard InChI is InChI=1S/C15H13ClO4S/c1-9-2-3-13(21-9)15(17)19-7-11-5-12(16)4-10-6-18-8-20-14(10)11/h2-5H,6-8H2,1H3. The predicted octanol–water partition coefficient (Wildman–Crippen LogP) is 3.93. The second kappa shape index (κ2) is 6.05. The number of carbonyl (C=O) groups is 1. The van der Waals surface area contributed by atoms with E-state index in [2.05, 4.69) is 0 Å². The van der Waals surface area contributed by atoms with Gasteiger partial charge in [0.05, 0.1) is 6.61 Å². The molecule has 0 amide bonds. The Morgan fingerprint density at radius 3 is 3.05 bits per heavy atom. The van der Waals surface area contributed by atoms with Gasteiger partial charge >= 0.3 is 5.97 Å². The van der Waals surface area contributed by atoms with E-state index >= 15 is 0 Å². The topological polar surface area (TPSA) is 44.8 Å². The Hall–Kier alpha value is -1.56. The molecule has 3 rings (SSSR count). The summed E-state index contributed by atoms with van der Waals surface area (Å²) in [6, 6.07) is 7.20. The molecule has 0 radical (unpaired) electrons. The number of aryl methyl sites for hydroxylation is 1. The second-order valence-corrected chi connectivity index (χ2v) is 6.37. The molecule has 1 aliphatic heterocycles. The van der Waals surface area contributed by atoms with Gasteiger partial charge in [-0.3, -0.25) is 0 Å². The van der Waals surface area contributed by atoms with Gasteiger partial charge in [0.15, 0.2) is 6.79 Å². The highest BCUT2D eigenvalue weighted by Gasteiger charge is 2.18. The fourth-order valence-electron chi connectivity index (χ4n) is 2.12.